The number of nitrogens with zero attached hydrogens (tertiary/aromatic N) is 2. The minimum atomic E-state index is -1.28. The van der Waals surface area contributed by atoms with Crippen molar-refractivity contribution >= 4 is 10.8 Å². The summed E-state index contributed by atoms with van der Waals surface area (Å²) in [6, 6.07) is 0. The molecule has 0 spiro atoms. The molecule has 0 saturated carbocycles. The number of H-pyrrole nitrogens is 1. The Morgan fingerprint density at radius 2 is 2.39 bits per heavy atom. The molecule has 1 fully saturated rings. The Bertz CT molecular complexity index is 462. The third-order valence-corrected chi connectivity index (χ3v) is 4.38. The normalized spacial score (nSPS) is 21.9. The molecule has 6 nitrogen and oxygen atoms in total. The van der Waals surface area contributed by atoms with Crippen molar-refractivity contribution in [2.24, 2.45) is 0 Å². The van der Waals surface area contributed by atoms with E-state index in [1.807, 2.05) is 6.92 Å². The molecule has 0 bridgehead atoms. The van der Waals surface area contributed by atoms with Gasteiger partial charge in [-0.3, -0.25) is 8.78 Å². The van der Waals surface area contributed by atoms with Gasteiger partial charge in [-0.25, -0.2) is 9.89 Å². The highest BCUT2D eigenvalue weighted by Gasteiger charge is 2.21. The summed E-state index contributed by atoms with van der Waals surface area (Å²) >= 11 is 0. The molecule has 1 aromatic rings. The molecule has 1 saturated heterocycles. The van der Waals surface area contributed by atoms with Crippen molar-refractivity contribution in [3.05, 3.63) is 10.5 Å². The molecule has 102 valence electrons. The van der Waals surface area contributed by atoms with Crippen LogP contribution in [0, 0.1) is 0 Å². The quantitative estimate of drug-likeness (QED) is 0.855. The smallest absolute Gasteiger partial charge is 0.344 e. The third kappa shape index (κ3) is 3.08. The van der Waals surface area contributed by atoms with Crippen LogP contribution in [0.25, 0.3) is 0 Å². The van der Waals surface area contributed by atoms with E-state index in [-0.39, 0.29) is 11.8 Å². The van der Waals surface area contributed by atoms with Crippen molar-refractivity contribution < 1.29 is 8.95 Å². The molecular weight excluding hydrogens is 254 g/mol. The van der Waals surface area contributed by atoms with Crippen molar-refractivity contribution in [1.29, 1.82) is 0 Å². The monoisotopic (exact) mass is 273 g/mol. The lowest BCUT2D eigenvalue weighted by Gasteiger charge is -2.21. The first-order valence-corrected chi connectivity index (χ1v) is 7.69. The highest BCUT2D eigenvalue weighted by atomic mass is 32.2. The van der Waals surface area contributed by atoms with Crippen LogP contribution in [-0.2, 0) is 22.1 Å². The lowest BCUT2D eigenvalue weighted by Crippen LogP contribution is -2.27. The summed E-state index contributed by atoms with van der Waals surface area (Å²) in [5.41, 5.74) is -0.287. The predicted molar refractivity (Wildman–Crippen MR) is 68.0 cm³/mol. The first kappa shape index (κ1) is 13.5. The van der Waals surface area contributed by atoms with E-state index < -0.39 is 10.8 Å². The maximum absolute atomic E-state index is 12.2. The van der Waals surface area contributed by atoms with Gasteiger partial charge < -0.3 is 4.74 Å². The second kappa shape index (κ2) is 6.29. The molecule has 1 aliphatic heterocycles. The van der Waals surface area contributed by atoms with E-state index in [1.165, 1.54) is 4.57 Å². The van der Waals surface area contributed by atoms with Crippen LogP contribution in [0.15, 0.2) is 9.95 Å². The average molecular weight is 273 g/mol. The zero-order valence-electron chi connectivity index (χ0n) is 10.6. The van der Waals surface area contributed by atoms with Gasteiger partial charge in [-0.15, -0.1) is 5.10 Å². The van der Waals surface area contributed by atoms with Crippen molar-refractivity contribution in [3.8, 4) is 0 Å². The molecule has 1 N–H and O–H groups in total. The number of hydrogen-bond donors (Lipinski definition) is 1. The van der Waals surface area contributed by atoms with Gasteiger partial charge in [0.15, 0.2) is 0 Å². The standard InChI is InChI=1S/C11H19N3O3S/c1-2-6-14-10(15)12-13-11(14)18(16)8-9-5-3-4-7-17-9/h9H,2-8H2,1H3,(H,12,15)/t9-,18+/m0/s1. The SMILES string of the molecule is CCCn1c([S@](=O)C[C@@H]2CCCCO2)n[nH]c1=O. The largest absolute Gasteiger partial charge is 0.377 e. The molecule has 2 heterocycles. The Balaban J connectivity index is 2.06. The van der Waals surface area contributed by atoms with Gasteiger partial charge >= 0.3 is 5.69 Å². The second-order valence-electron chi connectivity index (χ2n) is 4.46. The fourth-order valence-corrected chi connectivity index (χ4v) is 3.40. The molecule has 0 radical (unpaired) electrons. The first-order valence-electron chi connectivity index (χ1n) is 6.37. The Morgan fingerprint density at radius 1 is 1.56 bits per heavy atom. The summed E-state index contributed by atoms with van der Waals surface area (Å²) in [4.78, 5) is 11.5. The zero-order chi connectivity index (χ0) is 13.0. The van der Waals surface area contributed by atoms with E-state index in [0.29, 0.717) is 17.5 Å². The maximum Gasteiger partial charge on any atom is 0.344 e. The summed E-state index contributed by atoms with van der Waals surface area (Å²) in [6.07, 6.45) is 3.97. The average Bonchev–Trinajstić information content (AvgIpc) is 2.73. The predicted octanol–water partition coefficient (Wildman–Crippen LogP) is 0.658. The Morgan fingerprint density at radius 3 is 3.06 bits per heavy atom. The van der Waals surface area contributed by atoms with E-state index in [0.717, 1.165) is 32.3 Å². The molecule has 1 aliphatic rings. The topological polar surface area (TPSA) is 77.0 Å². The van der Waals surface area contributed by atoms with E-state index in [2.05, 4.69) is 10.2 Å². The van der Waals surface area contributed by atoms with Crippen molar-refractivity contribution in [2.75, 3.05) is 12.4 Å². The molecule has 18 heavy (non-hydrogen) atoms. The van der Waals surface area contributed by atoms with Gasteiger partial charge in [-0.05, 0) is 25.7 Å². The fourth-order valence-electron chi connectivity index (χ4n) is 2.08. The summed E-state index contributed by atoms with van der Waals surface area (Å²) < 4.78 is 19.2. The summed E-state index contributed by atoms with van der Waals surface area (Å²) in [6.45, 7) is 3.25. The highest BCUT2D eigenvalue weighted by molar-refractivity contribution is 7.84. The van der Waals surface area contributed by atoms with Gasteiger partial charge in [-0.1, -0.05) is 6.92 Å². The third-order valence-electron chi connectivity index (χ3n) is 2.99. The molecule has 2 rings (SSSR count). The van der Waals surface area contributed by atoms with Gasteiger partial charge in [0.2, 0.25) is 5.16 Å². The van der Waals surface area contributed by atoms with Crippen molar-refractivity contribution in [2.45, 2.75) is 50.4 Å². The van der Waals surface area contributed by atoms with Crippen LogP contribution in [0.2, 0.25) is 0 Å². The van der Waals surface area contributed by atoms with Gasteiger partial charge in [0.1, 0.15) is 0 Å². The maximum atomic E-state index is 12.2. The zero-order valence-corrected chi connectivity index (χ0v) is 11.4. The number of nitrogens with one attached hydrogen (secondary N) is 1. The van der Waals surface area contributed by atoms with Crippen LogP contribution in [-0.4, -0.2) is 37.4 Å². The Hall–Kier alpha value is -0.950. The van der Waals surface area contributed by atoms with Crippen molar-refractivity contribution in [1.82, 2.24) is 14.8 Å². The molecule has 7 heteroatoms. The molecule has 0 unspecified atom stereocenters. The fraction of sp³-hybridized carbons (Fsp3) is 0.818. The first-order chi connectivity index (χ1) is 8.72. The van der Waals surface area contributed by atoms with Gasteiger partial charge in [0.25, 0.3) is 0 Å². The summed E-state index contributed by atoms with van der Waals surface area (Å²) in [5, 5.41) is 6.58. The lowest BCUT2D eigenvalue weighted by molar-refractivity contribution is 0.0309. The highest BCUT2D eigenvalue weighted by Crippen LogP contribution is 2.15. The lowest BCUT2D eigenvalue weighted by atomic mass is 10.1. The molecule has 0 amide bonds. The number of aromatic amines is 1. The molecule has 0 aliphatic carbocycles. The van der Waals surface area contributed by atoms with E-state index in [9.17, 15) is 9.00 Å². The number of aromatic nitrogens is 3. The number of ether oxygens (including phenoxy) is 1. The minimum absolute atomic E-state index is 0.0291. The number of hydrogen-bond acceptors (Lipinski definition) is 4. The van der Waals surface area contributed by atoms with Crippen LogP contribution in [0.3, 0.4) is 0 Å². The van der Waals surface area contributed by atoms with Crippen LogP contribution >= 0.6 is 0 Å². The van der Waals surface area contributed by atoms with E-state index in [4.69, 9.17) is 4.74 Å². The minimum Gasteiger partial charge on any atom is -0.377 e. The Labute approximate surface area is 108 Å². The molecule has 1 aromatic heterocycles. The van der Waals surface area contributed by atoms with Crippen molar-refractivity contribution in [3.63, 3.8) is 0 Å². The van der Waals surface area contributed by atoms with Gasteiger partial charge in [0.05, 0.1) is 22.7 Å². The van der Waals surface area contributed by atoms with Gasteiger partial charge in [-0.2, -0.15) is 0 Å². The van der Waals surface area contributed by atoms with Crippen LogP contribution in [0.4, 0.5) is 0 Å². The summed E-state index contributed by atoms with van der Waals surface area (Å²) in [7, 11) is -1.28. The molecule has 2 atom stereocenters. The van der Waals surface area contributed by atoms with E-state index >= 15 is 0 Å². The summed E-state index contributed by atoms with van der Waals surface area (Å²) in [5.74, 6) is 0.425. The number of rotatable bonds is 5. The molecular formula is C11H19N3O3S. The van der Waals surface area contributed by atoms with Crippen LogP contribution in [0.5, 0.6) is 0 Å². The Kier molecular flexibility index (Phi) is 4.71. The molecule has 0 aromatic carbocycles. The van der Waals surface area contributed by atoms with Gasteiger partial charge in [0, 0.05) is 13.2 Å². The van der Waals surface area contributed by atoms with Crippen LogP contribution < -0.4 is 5.69 Å². The second-order valence-corrected chi connectivity index (χ2v) is 5.85. The van der Waals surface area contributed by atoms with Crippen LogP contribution in [0.1, 0.15) is 32.6 Å². The van der Waals surface area contributed by atoms with E-state index in [1.54, 1.807) is 0 Å².